The van der Waals surface area contributed by atoms with E-state index in [-0.39, 0.29) is 8.22 Å². The van der Waals surface area contributed by atoms with Gasteiger partial charge >= 0.3 is 0 Å². The number of allylic oxidation sites excluding steroid dienone is 1. The Balaban J connectivity index is 1.95. The van der Waals surface area contributed by atoms with E-state index in [4.69, 9.17) is 0 Å². The molecule has 0 aromatic rings. The molecule has 2 rings (SSSR count). The molecular weight excluding hydrogens is 239 g/mol. The molecule has 0 atom stereocenters. The van der Waals surface area contributed by atoms with Gasteiger partial charge in [-0.15, -0.1) is 0 Å². The topological polar surface area (TPSA) is 6.48 Å². The minimum absolute atomic E-state index is 0.122. The summed E-state index contributed by atoms with van der Waals surface area (Å²) in [7, 11) is -0.122. The van der Waals surface area contributed by atoms with Crippen LogP contribution in [0.5, 0.6) is 0 Å². The van der Waals surface area contributed by atoms with E-state index < -0.39 is 0 Å². The van der Waals surface area contributed by atoms with Crippen molar-refractivity contribution < 1.29 is 0 Å². The lowest BCUT2D eigenvalue weighted by Gasteiger charge is -2.41. The number of hydrogen-bond acceptors (Lipinski definition) is 2. The number of nitrogens with zero attached hydrogens (tertiary/aromatic N) is 2. The molecule has 2 heterocycles. The van der Waals surface area contributed by atoms with Crippen LogP contribution in [0.2, 0.25) is 0 Å². The summed E-state index contributed by atoms with van der Waals surface area (Å²) in [5, 5.41) is 0. The molecule has 0 bridgehead atoms. The molecule has 0 saturated carbocycles. The smallest absolute Gasteiger partial charge is 0.0644 e. The van der Waals surface area contributed by atoms with Crippen LogP contribution in [0.1, 0.15) is 58.3 Å². The third kappa shape index (κ3) is 4.33. The van der Waals surface area contributed by atoms with Crippen molar-refractivity contribution in [3.63, 3.8) is 0 Å². The van der Waals surface area contributed by atoms with Crippen LogP contribution in [0.4, 0.5) is 0 Å². The van der Waals surface area contributed by atoms with Crippen LogP contribution < -0.4 is 0 Å². The first-order valence-electron chi connectivity index (χ1n) is 7.87. The maximum atomic E-state index is 2.77. The SMILES string of the molecule is CCCC=CP(N1CCCCC1)N1CCCCC1. The third-order valence-corrected chi connectivity index (χ3v) is 6.38. The van der Waals surface area contributed by atoms with Gasteiger partial charge in [-0.05, 0) is 37.9 Å². The van der Waals surface area contributed by atoms with Crippen LogP contribution in [0.25, 0.3) is 0 Å². The summed E-state index contributed by atoms with van der Waals surface area (Å²) < 4.78 is 5.55. The lowest BCUT2D eigenvalue weighted by atomic mass is 10.2. The summed E-state index contributed by atoms with van der Waals surface area (Å²) in [6.45, 7) is 7.60. The second-order valence-electron chi connectivity index (χ2n) is 5.52. The highest BCUT2D eigenvalue weighted by atomic mass is 31.1. The van der Waals surface area contributed by atoms with Gasteiger partial charge in [-0.3, -0.25) is 9.34 Å². The van der Waals surface area contributed by atoms with Gasteiger partial charge in [0, 0.05) is 26.2 Å². The molecule has 0 aromatic carbocycles. The zero-order valence-electron chi connectivity index (χ0n) is 12.0. The number of piperidine rings is 2. The molecule has 18 heavy (non-hydrogen) atoms. The Hall–Kier alpha value is 0.0900. The molecule has 0 unspecified atom stereocenters. The Morgan fingerprint density at radius 3 is 1.78 bits per heavy atom. The molecule has 2 fully saturated rings. The van der Waals surface area contributed by atoms with Crippen LogP contribution in [-0.4, -0.2) is 35.5 Å². The van der Waals surface area contributed by atoms with Crippen molar-refractivity contribution in [1.29, 1.82) is 0 Å². The van der Waals surface area contributed by atoms with Gasteiger partial charge in [0.1, 0.15) is 0 Å². The summed E-state index contributed by atoms with van der Waals surface area (Å²) in [5.41, 5.74) is 0. The first-order valence-corrected chi connectivity index (χ1v) is 9.19. The van der Waals surface area contributed by atoms with E-state index in [2.05, 4.69) is 28.2 Å². The maximum absolute atomic E-state index is 2.77. The van der Waals surface area contributed by atoms with Crippen LogP contribution in [0.15, 0.2) is 11.9 Å². The van der Waals surface area contributed by atoms with Crippen molar-refractivity contribution in [2.45, 2.75) is 58.3 Å². The van der Waals surface area contributed by atoms with Crippen molar-refractivity contribution in [2.75, 3.05) is 26.2 Å². The second kappa shape index (κ2) is 8.30. The monoisotopic (exact) mass is 268 g/mol. The zero-order valence-corrected chi connectivity index (χ0v) is 12.9. The van der Waals surface area contributed by atoms with Gasteiger partial charge in [0.25, 0.3) is 0 Å². The minimum atomic E-state index is -0.122. The van der Waals surface area contributed by atoms with Crippen molar-refractivity contribution in [3.8, 4) is 0 Å². The second-order valence-corrected chi connectivity index (χ2v) is 7.59. The molecule has 0 aromatic heterocycles. The number of rotatable bonds is 5. The van der Waals surface area contributed by atoms with Gasteiger partial charge < -0.3 is 0 Å². The lowest BCUT2D eigenvalue weighted by Crippen LogP contribution is -2.34. The van der Waals surface area contributed by atoms with E-state index in [0.717, 1.165) is 0 Å². The van der Waals surface area contributed by atoms with E-state index in [0.29, 0.717) is 0 Å². The van der Waals surface area contributed by atoms with E-state index in [9.17, 15) is 0 Å². The molecule has 3 heteroatoms. The summed E-state index contributed by atoms with van der Waals surface area (Å²) in [6.07, 6.45) is 13.5. The van der Waals surface area contributed by atoms with Crippen molar-refractivity contribution in [2.24, 2.45) is 0 Å². The number of hydrogen-bond donors (Lipinski definition) is 0. The Labute approximate surface area is 114 Å². The quantitative estimate of drug-likeness (QED) is 0.673. The first kappa shape index (κ1) is 14.5. The molecule has 2 aliphatic heterocycles. The Kier molecular flexibility index (Phi) is 6.68. The van der Waals surface area contributed by atoms with Crippen LogP contribution in [0.3, 0.4) is 0 Å². The van der Waals surface area contributed by atoms with E-state index >= 15 is 0 Å². The molecule has 0 spiro atoms. The zero-order chi connectivity index (χ0) is 12.6. The molecule has 2 saturated heterocycles. The van der Waals surface area contributed by atoms with Crippen LogP contribution >= 0.6 is 8.22 Å². The highest BCUT2D eigenvalue weighted by molar-refractivity contribution is 7.56. The molecule has 2 aliphatic rings. The normalized spacial score (nSPS) is 24.1. The fraction of sp³-hybridized carbons (Fsp3) is 0.867. The van der Waals surface area contributed by atoms with E-state index in [1.165, 1.54) is 77.5 Å². The van der Waals surface area contributed by atoms with Gasteiger partial charge in [0.05, 0.1) is 8.22 Å². The fourth-order valence-corrected chi connectivity index (χ4v) is 5.33. The van der Waals surface area contributed by atoms with Crippen molar-refractivity contribution >= 4 is 8.22 Å². The summed E-state index contributed by atoms with van der Waals surface area (Å²) in [5.74, 6) is 2.55. The predicted octanol–water partition coefficient (Wildman–Crippen LogP) is 4.58. The van der Waals surface area contributed by atoms with Gasteiger partial charge in [-0.2, -0.15) is 0 Å². The Morgan fingerprint density at radius 1 is 0.833 bits per heavy atom. The number of unbranched alkanes of at least 4 members (excludes halogenated alkanes) is 1. The Morgan fingerprint density at radius 2 is 1.33 bits per heavy atom. The molecular formula is C15H29N2P. The predicted molar refractivity (Wildman–Crippen MR) is 81.8 cm³/mol. The first-order chi connectivity index (χ1) is 8.92. The maximum Gasteiger partial charge on any atom is 0.0644 e. The van der Waals surface area contributed by atoms with Crippen LogP contribution in [0, 0.1) is 0 Å². The van der Waals surface area contributed by atoms with Gasteiger partial charge in [-0.25, -0.2) is 0 Å². The molecule has 0 radical (unpaired) electrons. The molecule has 0 aliphatic carbocycles. The highest BCUT2D eigenvalue weighted by Gasteiger charge is 2.25. The largest absolute Gasteiger partial charge is 0.267 e. The molecule has 0 N–H and O–H groups in total. The molecule has 104 valence electrons. The lowest BCUT2D eigenvalue weighted by molar-refractivity contribution is 0.314. The minimum Gasteiger partial charge on any atom is -0.267 e. The average Bonchev–Trinajstić information content (AvgIpc) is 2.46. The summed E-state index contributed by atoms with van der Waals surface area (Å²) in [4.78, 5) is 0. The van der Waals surface area contributed by atoms with Gasteiger partial charge in [0.15, 0.2) is 0 Å². The van der Waals surface area contributed by atoms with Gasteiger partial charge in [0.2, 0.25) is 0 Å². The van der Waals surface area contributed by atoms with Gasteiger partial charge in [-0.1, -0.05) is 32.3 Å². The third-order valence-electron chi connectivity index (χ3n) is 3.94. The summed E-state index contributed by atoms with van der Waals surface area (Å²) in [6, 6.07) is 0. The summed E-state index contributed by atoms with van der Waals surface area (Å²) >= 11 is 0. The molecule has 2 nitrogen and oxygen atoms in total. The average molecular weight is 268 g/mol. The fourth-order valence-electron chi connectivity index (χ4n) is 2.87. The highest BCUT2D eigenvalue weighted by Crippen LogP contribution is 2.48. The Bertz CT molecular complexity index is 225. The van der Waals surface area contributed by atoms with Crippen LogP contribution in [-0.2, 0) is 0 Å². The molecule has 0 amide bonds. The van der Waals surface area contributed by atoms with Crippen molar-refractivity contribution in [1.82, 2.24) is 9.34 Å². The standard InChI is InChI=1S/C15H29N2P/c1-2-3-10-15-18(16-11-6-4-7-12-16)17-13-8-5-9-14-17/h10,15H,2-9,11-14H2,1H3. The van der Waals surface area contributed by atoms with Crippen molar-refractivity contribution in [3.05, 3.63) is 11.9 Å². The van der Waals surface area contributed by atoms with E-state index in [1.807, 2.05) is 0 Å². The van der Waals surface area contributed by atoms with E-state index in [1.54, 1.807) is 0 Å².